The largest absolute Gasteiger partial charge is 0.344 e. The molecule has 1 aliphatic heterocycles. The lowest BCUT2D eigenvalue weighted by Gasteiger charge is -2.13. The molecular weight excluding hydrogens is 285 g/mol. The third-order valence-electron chi connectivity index (χ3n) is 3.10. The number of amides is 1. The molecule has 0 saturated carbocycles. The summed E-state index contributed by atoms with van der Waals surface area (Å²) in [5.74, 6) is -1.26. The van der Waals surface area contributed by atoms with Crippen molar-refractivity contribution < 1.29 is 17.6 Å². The number of carbonyl (C=O) groups excluding carboxylic acids is 1. The van der Waals surface area contributed by atoms with Crippen molar-refractivity contribution in [2.45, 2.75) is 17.4 Å². The minimum atomic E-state index is -4.13. The Balaban J connectivity index is 2.35. The number of likely N-dealkylation sites (tertiary alicyclic amines) is 1. The Morgan fingerprint density at radius 1 is 1.50 bits per heavy atom. The van der Waals surface area contributed by atoms with E-state index in [1.165, 1.54) is 17.0 Å². The van der Waals surface area contributed by atoms with E-state index in [0.717, 1.165) is 12.1 Å². The highest BCUT2D eigenvalue weighted by Gasteiger charge is 2.34. The van der Waals surface area contributed by atoms with Gasteiger partial charge in [0.15, 0.2) is 0 Å². The van der Waals surface area contributed by atoms with Crippen LogP contribution in [0.3, 0.4) is 0 Å². The summed E-state index contributed by atoms with van der Waals surface area (Å²) < 4.78 is 40.0. The summed E-state index contributed by atoms with van der Waals surface area (Å²) in [7, 11) is -2.56. The molecule has 0 bridgehead atoms. The van der Waals surface area contributed by atoms with Gasteiger partial charge in [0.2, 0.25) is 15.9 Å². The summed E-state index contributed by atoms with van der Waals surface area (Å²) in [5.41, 5.74) is -0.557. The molecule has 1 aromatic carbocycles. The number of nitrogens with one attached hydrogen (secondary N) is 1. The maximum Gasteiger partial charge on any atom is 0.242 e. The standard InChI is InChI=1S/C12H12FN3O3S/c1-16-6-5-10(12(16)17)15-20(18,19)11-4-2-3-9(13)8(11)7-14/h2-4,10,15H,5-6H2,1H3. The average molecular weight is 297 g/mol. The second-order valence-corrected chi connectivity index (χ2v) is 6.13. The lowest BCUT2D eigenvalue weighted by atomic mass is 10.2. The van der Waals surface area contributed by atoms with Gasteiger partial charge in [0.05, 0.1) is 0 Å². The highest BCUT2D eigenvalue weighted by atomic mass is 32.2. The normalized spacial score (nSPS) is 19.1. The van der Waals surface area contributed by atoms with Crippen molar-refractivity contribution >= 4 is 15.9 Å². The topological polar surface area (TPSA) is 90.3 Å². The molecule has 1 atom stereocenters. The van der Waals surface area contributed by atoms with E-state index in [-0.39, 0.29) is 5.91 Å². The molecule has 1 aromatic rings. The lowest BCUT2D eigenvalue weighted by molar-refractivity contribution is -0.127. The fourth-order valence-corrected chi connectivity index (χ4v) is 3.41. The number of benzene rings is 1. The molecule has 1 N–H and O–H groups in total. The van der Waals surface area contributed by atoms with E-state index in [0.29, 0.717) is 13.0 Å². The number of carbonyl (C=O) groups is 1. The second-order valence-electron chi connectivity index (χ2n) is 4.45. The number of rotatable bonds is 3. The van der Waals surface area contributed by atoms with Crippen LogP contribution in [0.5, 0.6) is 0 Å². The average Bonchev–Trinajstić information content (AvgIpc) is 2.70. The molecule has 8 heteroatoms. The number of nitrogens with zero attached hydrogens (tertiary/aromatic N) is 2. The lowest BCUT2D eigenvalue weighted by Crippen LogP contribution is -2.40. The van der Waals surface area contributed by atoms with Crippen molar-refractivity contribution in [3.63, 3.8) is 0 Å². The minimum Gasteiger partial charge on any atom is -0.344 e. The second kappa shape index (κ2) is 5.19. The van der Waals surface area contributed by atoms with Crippen molar-refractivity contribution in [1.82, 2.24) is 9.62 Å². The molecule has 1 heterocycles. The third kappa shape index (κ3) is 2.50. The van der Waals surface area contributed by atoms with Crippen LogP contribution in [0.1, 0.15) is 12.0 Å². The Morgan fingerprint density at radius 3 is 2.75 bits per heavy atom. The van der Waals surface area contributed by atoms with Crippen molar-refractivity contribution in [3.8, 4) is 6.07 Å². The highest BCUT2D eigenvalue weighted by molar-refractivity contribution is 7.89. The van der Waals surface area contributed by atoms with Gasteiger partial charge in [0, 0.05) is 13.6 Å². The Kier molecular flexibility index (Phi) is 3.74. The van der Waals surface area contributed by atoms with Gasteiger partial charge in [-0.15, -0.1) is 0 Å². The summed E-state index contributed by atoms with van der Waals surface area (Å²) >= 11 is 0. The van der Waals surface area contributed by atoms with E-state index in [9.17, 15) is 17.6 Å². The van der Waals surface area contributed by atoms with E-state index in [2.05, 4.69) is 4.72 Å². The van der Waals surface area contributed by atoms with Crippen LogP contribution in [0.2, 0.25) is 0 Å². The van der Waals surface area contributed by atoms with Crippen LogP contribution in [-0.2, 0) is 14.8 Å². The maximum absolute atomic E-state index is 13.4. The molecule has 2 rings (SSSR count). The summed E-state index contributed by atoms with van der Waals surface area (Å²) in [6, 6.07) is 3.99. The van der Waals surface area contributed by atoms with Crippen molar-refractivity contribution in [3.05, 3.63) is 29.6 Å². The fourth-order valence-electron chi connectivity index (χ4n) is 2.02. The molecule has 1 unspecified atom stereocenters. The van der Waals surface area contributed by atoms with Gasteiger partial charge in [0.25, 0.3) is 0 Å². The minimum absolute atomic E-state index is 0.339. The predicted molar refractivity (Wildman–Crippen MR) is 67.5 cm³/mol. The fraction of sp³-hybridized carbons (Fsp3) is 0.333. The first kappa shape index (κ1) is 14.4. The molecule has 1 saturated heterocycles. The van der Waals surface area contributed by atoms with Gasteiger partial charge in [-0.05, 0) is 18.6 Å². The molecule has 1 aliphatic rings. The van der Waals surface area contributed by atoms with E-state index >= 15 is 0 Å². The third-order valence-corrected chi connectivity index (χ3v) is 4.62. The summed E-state index contributed by atoms with van der Waals surface area (Å²) in [6.07, 6.45) is 0.339. The van der Waals surface area contributed by atoms with Gasteiger partial charge >= 0.3 is 0 Å². The van der Waals surface area contributed by atoms with Gasteiger partial charge in [-0.25, -0.2) is 12.8 Å². The van der Waals surface area contributed by atoms with Crippen LogP contribution in [0, 0.1) is 17.1 Å². The van der Waals surface area contributed by atoms with E-state index in [1.54, 1.807) is 7.05 Å². The maximum atomic E-state index is 13.4. The zero-order valence-corrected chi connectivity index (χ0v) is 11.4. The highest BCUT2D eigenvalue weighted by Crippen LogP contribution is 2.19. The smallest absolute Gasteiger partial charge is 0.242 e. The Bertz CT molecular complexity index is 696. The van der Waals surface area contributed by atoms with E-state index in [1.807, 2.05) is 0 Å². The number of likely N-dealkylation sites (N-methyl/N-ethyl adjacent to an activating group) is 1. The molecule has 0 spiro atoms. The Labute approximate surface area is 115 Å². The molecule has 20 heavy (non-hydrogen) atoms. The van der Waals surface area contributed by atoms with Crippen LogP contribution in [0.15, 0.2) is 23.1 Å². The van der Waals surface area contributed by atoms with Gasteiger partial charge in [-0.1, -0.05) is 6.07 Å². The first-order valence-electron chi connectivity index (χ1n) is 5.82. The van der Waals surface area contributed by atoms with Crippen LogP contribution in [0.4, 0.5) is 4.39 Å². The van der Waals surface area contributed by atoms with Gasteiger partial charge in [-0.3, -0.25) is 4.79 Å². The number of hydrogen-bond acceptors (Lipinski definition) is 4. The SMILES string of the molecule is CN1CCC(NS(=O)(=O)c2cccc(F)c2C#N)C1=O. The Morgan fingerprint density at radius 2 is 2.20 bits per heavy atom. The van der Waals surface area contributed by atoms with Crippen molar-refractivity contribution in [2.24, 2.45) is 0 Å². The van der Waals surface area contributed by atoms with E-state index < -0.39 is 32.3 Å². The summed E-state index contributed by atoms with van der Waals surface area (Å²) in [5, 5.41) is 8.86. The Hall–Kier alpha value is -1.98. The quantitative estimate of drug-likeness (QED) is 0.863. The summed E-state index contributed by atoms with van der Waals surface area (Å²) in [4.78, 5) is 12.6. The van der Waals surface area contributed by atoms with E-state index in [4.69, 9.17) is 5.26 Å². The molecule has 1 amide bonds. The first-order valence-corrected chi connectivity index (χ1v) is 7.31. The van der Waals surface area contributed by atoms with Gasteiger partial charge in [-0.2, -0.15) is 9.98 Å². The molecule has 0 radical (unpaired) electrons. The van der Waals surface area contributed by atoms with Crippen LogP contribution in [0.25, 0.3) is 0 Å². The van der Waals surface area contributed by atoms with Crippen molar-refractivity contribution in [1.29, 1.82) is 5.26 Å². The van der Waals surface area contributed by atoms with Crippen LogP contribution in [-0.4, -0.2) is 38.9 Å². The van der Waals surface area contributed by atoms with Crippen LogP contribution < -0.4 is 4.72 Å². The van der Waals surface area contributed by atoms with Crippen molar-refractivity contribution in [2.75, 3.05) is 13.6 Å². The monoisotopic (exact) mass is 297 g/mol. The summed E-state index contributed by atoms with van der Waals surface area (Å²) in [6.45, 7) is 0.445. The number of hydrogen-bond donors (Lipinski definition) is 1. The zero-order valence-electron chi connectivity index (χ0n) is 10.6. The zero-order chi connectivity index (χ0) is 14.9. The molecule has 1 fully saturated rings. The predicted octanol–water partition coefficient (Wildman–Crippen LogP) is 0.206. The molecule has 0 aliphatic carbocycles. The number of halogens is 1. The molecular formula is C12H12FN3O3S. The van der Waals surface area contributed by atoms with Gasteiger partial charge in [0.1, 0.15) is 28.4 Å². The number of sulfonamides is 1. The number of nitriles is 1. The molecule has 0 aromatic heterocycles. The van der Waals surface area contributed by atoms with Gasteiger partial charge < -0.3 is 4.90 Å². The molecule has 106 valence electrons. The first-order chi connectivity index (χ1) is 9.36. The molecule has 6 nitrogen and oxygen atoms in total. The van der Waals surface area contributed by atoms with Crippen LogP contribution >= 0.6 is 0 Å².